The first-order chi connectivity index (χ1) is 10.6. The van der Waals surface area contributed by atoms with Gasteiger partial charge in [-0.25, -0.2) is 0 Å². The van der Waals surface area contributed by atoms with Crippen LogP contribution in [0.2, 0.25) is 0 Å². The van der Waals surface area contributed by atoms with E-state index >= 15 is 0 Å². The fourth-order valence-corrected chi connectivity index (χ4v) is 4.86. The summed E-state index contributed by atoms with van der Waals surface area (Å²) < 4.78 is 12.2. The summed E-state index contributed by atoms with van der Waals surface area (Å²) in [5, 5.41) is 0. The van der Waals surface area contributed by atoms with Crippen LogP contribution in [-0.2, 0) is 20.9 Å². The molecule has 2 heterocycles. The maximum absolute atomic E-state index is 12.7. The number of nitrogens with zero attached hydrogens (tertiary/aromatic N) is 1. The van der Waals surface area contributed by atoms with E-state index in [2.05, 4.69) is 6.92 Å². The normalized spacial score (nSPS) is 40.1. The lowest BCUT2D eigenvalue weighted by Crippen LogP contribution is -2.49. The summed E-state index contributed by atoms with van der Waals surface area (Å²) in [6.45, 7) is 2.60. The Hall–Kier alpha value is -1.39. The minimum atomic E-state index is -0.462. The number of carbonyl (C=O) groups excluding carboxylic acids is 1. The monoisotopic (exact) mass is 301 g/mol. The van der Waals surface area contributed by atoms with Crippen LogP contribution < -0.4 is 0 Å². The molecule has 0 N–H and O–H groups in total. The number of hydrogen-bond acceptors (Lipinski definition) is 3. The average molecular weight is 301 g/mol. The highest BCUT2D eigenvalue weighted by molar-refractivity contribution is 5.86. The van der Waals surface area contributed by atoms with Gasteiger partial charge in [0.05, 0.1) is 18.2 Å². The molecule has 1 aliphatic carbocycles. The van der Waals surface area contributed by atoms with Crippen LogP contribution in [0.1, 0.15) is 31.7 Å². The van der Waals surface area contributed by atoms with Crippen molar-refractivity contribution >= 4 is 5.91 Å². The van der Waals surface area contributed by atoms with Gasteiger partial charge in [-0.15, -0.1) is 0 Å². The molecule has 2 aliphatic heterocycles. The molecule has 0 aromatic heterocycles. The number of ether oxygens (including phenoxy) is 2. The van der Waals surface area contributed by atoms with E-state index < -0.39 is 6.10 Å². The van der Waals surface area contributed by atoms with Gasteiger partial charge in [-0.2, -0.15) is 0 Å². The number of amides is 1. The van der Waals surface area contributed by atoms with Gasteiger partial charge in [-0.05, 0) is 25.3 Å². The second-order valence-corrected chi connectivity index (χ2v) is 6.87. The van der Waals surface area contributed by atoms with Gasteiger partial charge in [0.2, 0.25) is 0 Å². The van der Waals surface area contributed by atoms with E-state index in [9.17, 15) is 4.79 Å². The molecule has 3 fully saturated rings. The third-order valence-electron chi connectivity index (χ3n) is 5.90. The van der Waals surface area contributed by atoms with E-state index in [0.717, 1.165) is 18.4 Å². The topological polar surface area (TPSA) is 38.8 Å². The largest absolute Gasteiger partial charge is 0.369 e. The third kappa shape index (κ3) is 1.80. The highest BCUT2D eigenvalue weighted by Crippen LogP contribution is 2.55. The summed E-state index contributed by atoms with van der Waals surface area (Å²) in [5.74, 6) is 0.538. The van der Waals surface area contributed by atoms with Crippen LogP contribution >= 0.6 is 0 Å². The fraction of sp³-hybridized carbons (Fsp3) is 0.611. The van der Waals surface area contributed by atoms with Gasteiger partial charge >= 0.3 is 0 Å². The molecule has 1 aromatic rings. The van der Waals surface area contributed by atoms with E-state index in [-0.39, 0.29) is 23.7 Å². The molecule has 4 nitrogen and oxygen atoms in total. The third-order valence-corrected chi connectivity index (χ3v) is 5.90. The van der Waals surface area contributed by atoms with Crippen LogP contribution in [0.15, 0.2) is 30.3 Å². The van der Waals surface area contributed by atoms with Crippen molar-refractivity contribution in [2.75, 3.05) is 7.05 Å². The highest BCUT2D eigenvalue weighted by Gasteiger charge is 2.68. The lowest BCUT2D eigenvalue weighted by atomic mass is 9.82. The zero-order valence-electron chi connectivity index (χ0n) is 13.2. The Morgan fingerprint density at radius 3 is 2.91 bits per heavy atom. The lowest BCUT2D eigenvalue weighted by molar-refractivity contribution is -0.143. The van der Waals surface area contributed by atoms with Crippen molar-refractivity contribution in [2.45, 2.75) is 56.6 Å². The summed E-state index contributed by atoms with van der Waals surface area (Å²) in [4.78, 5) is 14.6. The lowest BCUT2D eigenvalue weighted by Gasteiger charge is -2.35. The van der Waals surface area contributed by atoms with Gasteiger partial charge in [0, 0.05) is 13.0 Å². The van der Waals surface area contributed by atoms with Crippen molar-refractivity contribution in [2.24, 2.45) is 5.92 Å². The second kappa shape index (κ2) is 5.07. The molecule has 5 atom stereocenters. The molecule has 4 heteroatoms. The molecule has 2 saturated heterocycles. The molecule has 3 aliphatic rings. The Labute approximate surface area is 131 Å². The van der Waals surface area contributed by atoms with Crippen molar-refractivity contribution in [1.29, 1.82) is 0 Å². The number of hydrogen-bond donors (Lipinski definition) is 0. The first-order valence-corrected chi connectivity index (χ1v) is 8.23. The van der Waals surface area contributed by atoms with Crippen molar-refractivity contribution in [1.82, 2.24) is 4.90 Å². The molecule has 1 saturated carbocycles. The Bertz CT molecular complexity index is 575. The van der Waals surface area contributed by atoms with Crippen LogP contribution in [0.25, 0.3) is 0 Å². The van der Waals surface area contributed by atoms with Gasteiger partial charge in [0.15, 0.2) is 6.10 Å². The Morgan fingerprint density at radius 2 is 2.14 bits per heavy atom. The zero-order valence-corrected chi connectivity index (χ0v) is 13.2. The van der Waals surface area contributed by atoms with Crippen molar-refractivity contribution in [3.05, 3.63) is 35.9 Å². The maximum Gasteiger partial charge on any atom is 0.254 e. The minimum Gasteiger partial charge on any atom is -0.369 e. The molecule has 0 radical (unpaired) electrons. The van der Waals surface area contributed by atoms with E-state index in [1.807, 2.05) is 42.3 Å². The molecule has 0 bridgehead atoms. The van der Waals surface area contributed by atoms with Crippen molar-refractivity contribution in [3.63, 3.8) is 0 Å². The van der Waals surface area contributed by atoms with Crippen LogP contribution in [0.3, 0.4) is 0 Å². The summed E-state index contributed by atoms with van der Waals surface area (Å²) >= 11 is 0. The SMILES string of the molecule is C[C@H]1O[C@@H]2[C@@H](OCc3ccccc3)C(=O)N(C)[C@@]23CCC[C@@H]13. The first kappa shape index (κ1) is 14.2. The van der Waals surface area contributed by atoms with E-state index in [1.165, 1.54) is 6.42 Å². The molecule has 1 aromatic carbocycles. The van der Waals surface area contributed by atoms with Gasteiger partial charge in [0.25, 0.3) is 5.91 Å². The molecule has 1 amide bonds. The Kier molecular flexibility index (Phi) is 3.27. The summed E-state index contributed by atoms with van der Waals surface area (Å²) in [6.07, 6.45) is 3.01. The summed E-state index contributed by atoms with van der Waals surface area (Å²) in [6, 6.07) is 10.0. The van der Waals surface area contributed by atoms with Gasteiger partial charge in [-0.1, -0.05) is 36.8 Å². The number of carbonyl (C=O) groups is 1. The van der Waals surface area contributed by atoms with E-state index in [4.69, 9.17) is 9.47 Å². The number of rotatable bonds is 3. The standard InChI is InChI=1S/C18H23NO3/c1-12-14-9-6-10-18(14)16(22-12)15(17(20)19(18)2)21-11-13-7-4-3-5-8-13/h3-5,7-8,12,14-16H,6,9-11H2,1-2H3/t12-,14+,15-,16-,18-/m1/s1. The molecule has 1 spiro atoms. The van der Waals surface area contributed by atoms with Crippen molar-refractivity contribution < 1.29 is 14.3 Å². The predicted octanol–water partition coefficient (Wildman–Crippen LogP) is 2.37. The summed E-state index contributed by atoms with van der Waals surface area (Å²) in [5.41, 5.74) is 0.964. The second-order valence-electron chi connectivity index (χ2n) is 6.87. The van der Waals surface area contributed by atoms with Gasteiger partial charge in [-0.3, -0.25) is 4.79 Å². The Balaban J connectivity index is 1.57. The molecule has 118 valence electrons. The average Bonchev–Trinajstić information content (AvgIpc) is 3.13. The molecule has 22 heavy (non-hydrogen) atoms. The molecular weight excluding hydrogens is 278 g/mol. The van der Waals surface area contributed by atoms with E-state index in [1.54, 1.807) is 0 Å². The van der Waals surface area contributed by atoms with Crippen LogP contribution in [-0.4, -0.2) is 41.7 Å². The van der Waals surface area contributed by atoms with E-state index in [0.29, 0.717) is 12.5 Å². The summed E-state index contributed by atoms with van der Waals surface area (Å²) in [7, 11) is 1.93. The zero-order chi connectivity index (χ0) is 15.3. The molecule has 4 rings (SSSR count). The minimum absolute atomic E-state index is 0.0831. The number of likely N-dealkylation sites (tertiary alicyclic amines) is 1. The molecular formula is C18H23NO3. The first-order valence-electron chi connectivity index (χ1n) is 8.23. The van der Waals surface area contributed by atoms with Gasteiger partial charge in [0.1, 0.15) is 6.10 Å². The van der Waals surface area contributed by atoms with Crippen LogP contribution in [0.4, 0.5) is 0 Å². The van der Waals surface area contributed by atoms with Crippen LogP contribution in [0.5, 0.6) is 0 Å². The van der Waals surface area contributed by atoms with Gasteiger partial charge < -0.3 is 14.4 Å². The predicted molar refractivity (Wildman–Crippen MR) is 82.2 cm³/mol. The highest BCUT2D eigenvalue weighted by atomic mass is 16.6. The Morgan fingerprint density at radius 1 is 1.36 bits per heavy atom. The van der Waals surface area contributed by atoms with Crippen molar-refractivity contribution in [3.8, 4) is 0 Å². The van der Waals surface area contributed by atoms with Crippen LogP contribution in [0, 0.1) is 5.92 Å². The quantitative estimate of drug-likeness (QED) is 0.860. The number of benzene rings is 1. The fourth-order valence-electron chi connectivity index (χ4n) is 4.86. The molecule has 0 unspecified atom stereocenters. The maximum atomic E-state index is 12.7. The smallest absolute Gasteiger partial charge is 0.254 e. The number of likely N-dealkylation sites (N-methyl/N-ethyl adjacent to an activating group) is 1.